The predicted octanol–water partition coefficient (Wildman–Crippen LogP) is 1.89. The third-order valence-electron chi connectivity index (χ3n) is 5.72. The van der Waals surface area contributed by atoms with Crippen LogP contribution in [0.4, 0.5) is 0 Å². The van der Waals surface area contributed by atoms with Crippen LogP contribution in [-0.2, 0) is 25.3 Å². The topological polar surface area (TPSA) is 130 Å². The van der Waals surface area contributed by atoms with E-state index in [-0.39, 0.29) is 12.3 Å². The van der Waals surface area contributed by atoms with Crippen LogP contribution in [0.2, 0.25) is 0 Å². The van der Waals surface area contributed by atoms with Crippen molar-refractivity contribution in [2.45, 2.75) is 62.4 Å². The molecule has 0 heterocycles. The lowest BCUT2D eigenvalue weighted by atomic mass is 9.99. The van der Waals surface area contributed by atoms with Crippen LogP contribution < -0.4 is 30.6 Å². The molecule has 2 amide bonds. The Hall–Kier alpha value is -0.190. The van der Waals surface area contributed by atoms with Crippen molar-refractivity contribution in [2.24, 2.45) is 0 Å². The SMILES string of the molecule is CC(C)(SP)[C@H](NC(=O)[C@H](CCCCNP)NP)C(=O)N[C@@H](Cc1ccc(OCCNP)cc1)C(=O)OP. The summed E-state index contributed by atoms with van der Waals surface area (Å²) in [6, 6.07) is 4.95. The van der Waals surface area contributed by atoms with Crippen molar-refractivity contribution in [1.29, 1.82) is 0 Å². The van der Waals surface area contributed by atoms with E-state index in [1.165, 1.54) is 11.4 Å². The third-order valence-corrected chi connectivity index (χ3v) is 9.60. The highest BCUT2D eigenvalue weighted by molar-refractivity contribution is 8.44. The summed E-state index contributed by atoms with van der Waals surface area (Å²) in [6.45, 7) is 5.75. The Balaban J connectivity index is 2.98. The van der Waals surface area contributed by atoms with Crippen molar-refractivity contribution in [2.75, 3.05) is 19.7 Å². The number of hydrogen-bond donors (Lipinski definition) is 5. The van der Waals surface area contributed by atoms with Crippen molar-refractivity contribution >= 4 is 75.2 Å². The van der Waals surface area contributed by atoms with Crippen molar-refractivity contribution in [3.63, 3.8) is 0 Å². The highest BCUT2D eigenvalue weighted by Gasteiger charge is 2.39. The van der Waals surface area contributed by atoms with E-state index < -0.39 is 34.7 Å². The molecule has 0 radical (unpaired) electrons. The van der Waals surface area contributed by atoms with Crippen LogP contribution in [0.3, 0.4) is 0 Å². The average molecular weight is 644 g/mol. The van der Waals surface area contributed by atoms with E-state index >= 15 is 0 Å². The van der Waals surface area contributed by atoms with Crippen LogP contribution in [0.1, 0.15) is 38.7 Å². The molecule has 0 aliphatic carbocycles. The van der Waals surface area contributed by atoms with Crippen molar-refractivity contribution in [3.8, 4) is 5.75 Å². The second kappa shape index (κ2) is 19.8. The molecule has 0 spiro atoms. The smallest absolute Gasteiger partial charge is 0.331 e. The first-order valence-corrected chi connectivity index (χ1v) is 16.6. The Bertz CT molecular complexity index is 871. The first kappa shape index (κ1) is 35.8. The normalized spacial score (nSPS) is 13.8. The minimum absolute atomic E-state index is 0.209. The zero-order valence-corrected chi connectivity index (χ0v) is 28.4. The van der Waals surface area contributed by atoms with Gasteiger partial charge in [0.25, 0.3) is 0 Å². The fraction of sp³-hybridized carbons (Fsp3) is 0.591. The molecule has 1 aromatic carbocycles. The summed E-state index contributed by atoms with van der Waals surface area (Å²) in [5.74, 6) is -0.668. The summed E-state index contributed by atoms with van der Waals surface area (Å²) in [5, 5.41) is 14.6. The number of carbonyl (C=O) groups excluding carboxylic acids is 3. The Morgan fingerprint density at radius 1 is 0.947 bits per heavy atom. The van der Waals surface area contributed by atoms with Gasteiger partial charge in [0.05, 0.1) is 15.5 Å². The Kier molecular flexibility index (Phi) is 18.7. The van der Waals surface area contributed by atoms with Crippen LogP contribution in [0.15, 0.2) is 24.3 Å². The molecule has 0 fully saturated rings. The molecule has 38 heavy (non-hydrogen) atoms. The number of rotatable bonds is 19. The van der Waals surface area contributed by atoms with Crippen LogP contribution in [0.25, 0.3) is 0 Å². The molecule has 16 heteroatoms. The van der Waals surface area contributed by atoms with E-state index in [9.17, 15) is 14.4 Å². The zero-order valence-electron chi connectivity index (χ0n) is 21.8. The van der Waals surface area contributed by atoms with E-state index in [1.807, 2.05) is 47.6 Å². The van der Waals surface area contributed by atoms with Crippen molar-refractivity contribution in [3.05, 3.63) is 29.8 Å². The van der Waals surface area contributed by atoms with Gasteiger partial charge >= 0.3 is 5.97 Å². The number of benzene rings is 1. The van der Waals surface area contributed by atoms with Crippen LogP contribution in [-0.4, -0.2) is 60.4 Å². The van der Waals surface area contributed by atoms with Gasteiger partial charge in [-0.3, -0.25) is 19.8 Å². The van der Waals surface area contributed by atoms with Crippen molar-refractivity contribution < 1.29 is 23.6 Å². The summed E-state index contributed by atoms with van der Waals surface area (Å²) in [4.78, 5) is 39.2. The van der Waals surface area contributed by atoms with Crippen LogP contribution >= 0.6 is 57.5 Å². The third kappa shape index (κ3) is 13.0. The summed E-state index contributed by atoms with van der Waals surface area (Å²) in [7, 11) is 11.7. The van der Waals surface area contributed by atoms with Gasteiger partial charge in [0.2, 0.25) is 11.8 Å². The molecule has 5 N–H and O–H groups in total. The average Bonchev–Trinajstić information content (AvgIpc) is 2.91. The number of nitrogens with one attached hydrogen (secondary N) is 5. The fourth-order valence-corrected chi connectivity index (χ4v) is 4.96. The van der Waals surface area contributed by atoms with E-state index in [2.05, 4.69) is 62.5 Å². The quantitative estimate of drug-likeness (QED) is 0.113. The maximum atomic E-state index is 13.5. The van der Waals surface area contributed by atoms with Gasteiger partial charge in [-0.15, -0.1) is 11.4 Å². The van der Waals surface area contributed by atoms with Crippen LogP contribution in [0.5, 0.6) is 5.75 Å². The van der Waals surface area contributed by atoms with E-state index in [1.54, 1.807) is 0 Å². The molecular formula is C22H42N5O5P5S. The second-order valence-electron chi connectivity index (χ2n) is 8.98. The molecule has 0 aromatic heterocycles. The zero-order chi connectivity index (χ0) is 28.6. The number of ether oxygens (including phenoxy) is 1. The fourth-order valence-electron chi connectivity index (χ4n) is 3.45. The largest absolute Gasteiger partial charge is 0.492 e. The standard InChI is InChI=1S/C22H42N5O5P5S/c1-22(2,38-37)18(26-19(28)16(27-35)5-3-4-10-23-33)20(29)25-17(21(30)32-36)13-14-6-8-15(9-7-14)31-12-11-24-34/h6-9,16-18,23-24,27H,3-5,10-13,33-37H2,1-2H3,(H,25,29)(H,26,28)/t16-,17-,18+/m0/s1. The van der Waals surface area contributed by atoms with Crippen molar-refractivity contribution in [1.82, 2.24) is 25.9 Å². The minimum atomic E-state index is -0.951. The van der Waals surface area contributed by atoms with Gasteiger partial charge < -0.3 is 25.0 Å². The first-order valence-electron chi connectivity index (χ1n) is 12.1. The van der Waals surface area contributed by atoms with Gasteiger partial charge in [0.15, 0.2) is 0 Å². The lowest BCUT2D eigenvalue weighted by Gasteiger charge is -2.34. The number of amides is 2. The first-order chi connectivity index (χ1) is 18.1. The molecule has 1 aromatic rings. The van der Waals surface area contributed by atoms with E-state index in [0.29, 0.717) is 25.3 Å². The van der Waals surface area contributed by atoms with Gasteiger partial charge in [0.1, 0.15) is 24.4 Å². The molecule has 0 aliphatic rings. The Morgan fingerprint density at radius 3 is 2.16 bits per heavy atom. The Labute approximate surface area is 242 Å². The van der Waals surface area contributed by atoms with Gasteiger partial charge in [-0.25, -0.2) is 4.79 Å². The van der Waals surface area contributed by atoms with E-state index in [0.717, 1.165) is 24.9 Å². The summed E-state index contributed by atoms with van der Waals surface area (Å²) >= 11 is 1.37. The molecule has 1 rings (SSSR count). The van der Waals surface area contributed by atoms with Gasteiger partial charge in [-0.2, -0.15) is 0 Å². The number of carbonyl (C=O) groups is 3. The molecule has 8 atom stereocenters. The summed E-state index contributed by atoms with van der Waals surface area (Å²) in [6.07, 6.45) is 2.57. The molecule has 0 saturated heterocycles. The maximum Gasteiger partial charge on any atom is 0.331 e. The lowest BCUT2D eigenvalue weighted by molar-refractivity contribution is -0.139. The van der Waals surface area contributed by atoms with Gasteiger partial charge in [0, 0.05) is 17.7 Å². The highest BCUT2D eigenvalue weighted by Crippen LogP contribution is 2.34. The Morgan fingerprint density at radius 2 is 1.61 bits per heavy atom. The molecule has 10 nitrogen and oxygen atoms in total. The molecule has 0 aliphatic heterocycles. The van der Waals surface area contributed by atoms with Crippen LogP contribution in [0, 0.1) is 0 Å². The molecule has 216 valence electrons. The summed E-state index contributed by atoms with van der Waals surface area (Å²) < 4.78 is 9.83. The summed E-state index contributed by atoms with van der Waals surface area (Å²) in [5.41, 5.74) is 0.815. The maximum absolute atomic E-state index is 13.5. The molecule has 0 bridgehead atoms. The monoisotopic (exact) mass is 643 g/mol. The molecule has 0 saturated carbocycles. The second-order valence-corrected chi connectivity index (χ2v) is 12.4. The number of hydrogen-bond acceptors (Lipinski definition) is 9. The molecule has 5 unspecified atom stereocenters. The van der Waals surface area contributed by atoms with E-state index in [4.69, 9.17) is 9.26 Å². The molecular weight excluding hydrogens is 601 g/mol. The number of unbranched alkanes of at least 4 members (excludes halogenated alkanes) is 1. The van der Waals surface area contributed by atoms with Gasteiger partial charge in [-0.05, 0) is 50.9 Å². The lowest BCUT2D eigenvalue weighted by Crippen LogP contribution is -2.60. The predicted molar refractivity (Wildman–Crippen MR) is 173 cm³/mol. The minimum Gasteiger partial charge on any atom is -0.492 e. The van der Waals surface area contributed by atoms with Gasteiger partial charge in [-0.1, -0.05) is 55.2 Å². The highest BCUT2D eigenvalue weighted by atomic mass is 32.7.